The minimum atomic E-state index is -1.05. The molecule has 8 heteroatoms. The van der Waals surface area contributed by atoms with Crippen molar-refractivity contribution >= 4 is 29.7 Å². The summed E-state index contributed by atoms with van der Waals surface area (Å²) in [5.74, 6) is -1.17. The molecule has 0 saturated carbocycles. The molecule has 2 heterocycles. The van der Waals surface area contributed by atoms with Crippen molar-refractivity contribution in [2.45, 2.75) is 31.1 Å². The number of rotatable bonds is 6. The number of allylic oxidation sites excluding steroid dienone is 1. The number of carbonyl (C=O) groups excluding carboxylic acids is 2. The Morgan fingerprint density at radius 1 is 1.47 bits per heavy atom. The molecule has 1 fully saturated rings. The Morgan fingerprint density at radius 2 is 2.21 bits per heavy atom. The summed E-state index contributed by atoms with van der Waals surface area (Å²) in [6.07, 6.45) is 2.48. The van der Waals surface area contributed by atoms with Gasteiger partial charge in [0, 0.05) is 11.4 Å². The van der Waals surface area contributed by atoms with Crippen LogP contribution in [0.1, 0.15) is 25.7 Å². The van der Waals surface area contributed by atoms with E-state index in [0.717, 1.165) is 17.7 Å². The topological polar surface area (TPSA) is 113 Å². The van der Waals surface area contributed by atoms with Crippen molar-refractivity contribution in [1.29, 1.82) is 0 Å². The van der Waals surface area contributed by atoms with Crippen molar-refractivity contribution in [1.82, 2.24) is 10.2 Å². The van der Waals surface area contributed by atoms with Crippen molar-refractivity contribution in [3.8, 4) is 0 Å². The van der Waals surface area contributed by atoms with E-state index in [1.807, 2.05) is 0 Å². The molecule has 4 N–H and O–H groups in total. The first-order chi connectivity index (χ1) is 9.00. The van der Waals surface area contributed by atoms with Gasteiger partial charge in [0.15, 0.2) is 0 Å². The highest BCUT2D eigenvalue weighted by molar-refractivity contribution is 8.04. The average Bonchev–Trinajstić information content (AvgIpc) is 2.61. The number of amides is 3. The van der Waals surface area contributed by atoms with Crippen LogP contribution in [0.2, 0.25) is 0 Å². The van der Waals surface area contributed by atoms with Crippen molar-refractivity contribution in [3.05, 3.63) is 10.6 Å². The molecule has 0 aromatic rings. The van der Waals surface area contributed by atoms with Crippen molar-refractivity contribution < 1.29 is 19.5 Å². The molecule has 2 aliphatic heterocycles. The molecule has 0 bridgehead atoms. The second kappa shape index (κ2) is 5.52. The maximum Gasteiger partial charge on any atom is 0.353 e. The van der Waals surface area contributed by atoms with Crippen LogP contribution < -0.4 is 11.1 Å². The van der Waals surface area contributed by atoms with E-state index in [0.29, 0.717) is 19.4 Å². The van der Waals surface area contributed by atoms with E-state index in [1.54, 1.807) is 0 Å². The first kappa shape index (κ1) is 13.7. The number of primary amides is 1. The number of carboxylic acids is 1. The van der Waals surface area contributed by atoms with Crippen LogP contribution in [0.15, 0.2) is 10.6 Å². The summed E-state index contributed by atoms with van der Waals surface area (Å²) >= 11 is 1.46. The zero-order valence-electron chi connectivity index (χ0n) is 10.2. The lowest BCUT2D eigenvalue weighted by Gasteiger charge is -2.33. The number of urea groups is 1. The molecule has 2 aliphatic rings. The number of hydrogen-bond acceptors (Lipinski definition) is 4. The van der Waals surface area contributed by atoms with Crippen LogP contribution in [0.5, 0.6) is 0 Å². The lowest BCUT2D eigenvalue weighted by Crippen LogP contribution is -2.48. The lowest BCUT2D eigenvalue weighted by atomic mass is 10.1. The first-order valence-electron chi connectivity index (χ1n) is 5.99. The smallest absolute Gasteiger partial charge is 0.353 e. The number of carbonyl (C=O) groups is 3. The van der Waals surface area contributed by atoms with Gasteiger partial charge in [-0.05, 0) is 19.3 Å². The maximum atomic E-state index is 11.4. The van der Waals surface area contributed by atoms with E-state index in [2.05, 4.69) is 5.32 Å². The Bertz CT molecular complexity index is 463. The highest BCUT2D eigenvalue weighted by Crippen LogP contribution is 2.47. The first-order valence-corrected chi connectivity index (χ1v) is 6.87. The average molecular weight is 285 g/mol. The number of fused-ring (bicyclic) bond motifs is 1. The van der Waals surface area contributed by atoms with Crippen LogP contribution in [0.25, 0.3) is 0 Å². The molecule has 0 aromatic carbocycles. The fourth-order valence-electron chi connectivity index (χ4n) is 2.13. The lowest BCUT2D eigenvalue weighted by molar-refractivity contribution is -0.145. The zero-order chi connectivity index (χ0) is 14.0. The Kier molecular flexibility index (Phi) is 3.98. The third-order valence-electron chi connectivity index (χ3n) is 3.02. The van der Waals surface area contributed by atoms with Gasteiger partial charge in [-0.25, -0.2) is 9.59 Å². The molecule has 2 rings (SSSR count). The normalized spacial score (nSPS) is 21.2. The molecule has 104 valence electrons. The Labute approximate surface area is 114 Å². The SMILES string of the molecule is NC(=O)NCCCCC1=C(C(=O)O)N2C(=O)C[C@@H]2S1. The standard InChI is InChI=1S/C11H15N3O4S/c12-11(18)13-4-2-1-3-6-9(10(16)17)14-7(15)5-8(14)19-6/h8H,1-5H2,(H,16,17)(H3,12,13,18)/t8-/m0/s1. The second-order valence-electron chi connectivity index (χ2n) is 4.37. The van der Waals surface area contributed by atoms with Gasteiger partial charge in [-0.1, -0.05) is 0 Å². The maximum absolute atomic E-state index is 11.4. The van der Waals surface area contributed by atoms with E-state index < -0.39 is 12.0 Å². The Hall–Kier alpha value is -1.70. The summed E-state index contributed by atoms with van der Waals surface area (Å²) in [6, 6.07) is -0.560. The van der Waals surface area contributed by atoms with E-state index in [1.165, 1.54) is 16.7 Å². The molecule has 0 radical (unpaired) electrons. The number of hydrogen-bond donors (Lipinski definition) is 3. The van der Waals surface area contributed by atoms with E-state index in [-0.39, 0.29) is 17.0 Å². The summed E-state index contributed by atoms with van der Waals surface area (Å²) in [4.78, 5) is 35.1. The van der Waals surface area contributed by atoms with Crippen LogP contribution in [0.4, 0.5) is 4.79 Å². The summed E-state index contributed by atoms with van der Waals surface area (Å²) in [7, 11) is 0. The summed E-state index contributed by atoms with van der Waals surface area (Å²) in [5, 5.41) is 11.6. The van der Waals surface area contributed by atoms with Gasteiger partial charge in [0.05, 0.1) is 11.8 Å². The third kappa shape index (κ3) is 2.83. The van der Waals surface area contributed by atoms with Crippen LogP contribution >= 0.6 is 11.8 Å². The van der Waals surface area contributed by atoms with Crippen molar-refractivity contribution in [3.63, 3.8) is 0 Å². The molecule has 7 nitrogen and oxygen atoms in total. The molecular formula is C11H15N3O4S. The van der Waals surface area contributed by atoms with E-state index >= 15 is 0 Å². The fourth-order valence-corrected chi connectivity index (χ4v) is 3.57. The molecule has 0 unspecified atom stereocenters. The number of aliphatic carboxylic acids is 1. The molecule has 1 saturated heterocycles. The fraction of sp³-hybridized carbons (Fsp3) is 0.545. The molecule has 0 spiro atoms. The van der Waals surface area contributed by atoms with Gasteiger partial charge in [-0.3, -0.25) is 9.69 Å². The second-order valence-corrected chi connectivity index (χ2v) is 5.64. The highest BCUT2D eigenvalue weighted by atomic mass is 32.2. The van der Waals surface area contributed by atoms with E-state index in [4.69, 9.17) is 10.8 Å². The number of nitrogens with zero attached hydrogens (tertiary/aromatic N) is 1. The van der Waals surface area contributed by atoms with Gasteiger partial charge in [0.25, 0.3) is 0 Å². The minimum Gasteiger partial charge on any atom is -0.477 e. The zero-order valence-corrected chi connectivity index (χ0v) is 11.0. The van der Waals surface area contributed by atoms with Crippen LogP contribution in [0.3, 0.4) is 0 Å². The molecule has 1 atom stereocenters. The Morgan fingerprint density at radius 3 is 2.79 bits per heavy atom. The minimum absolute atomic E-state index is 0.0302. The summed E-state index contributed by atoms with van der Waals surface area (Å²) in [5.41, 5.74) is 5.07. The summed E-state index contributed by atoms with van der Waals surface area (Å²) in [6.45, 7) is 0.474. The molecule has 3 amide bonds. The van der Waals surface area contributed by atoms with Crippen LogP contribution in [-0.2, 0) is 9.59 Å². The van der Waals surface area contributed by atoms with Gasteiger partial charge in [-0.2, -0.15) is 0 Å². The van der Waals surface area contributed by atoms with Gasteiger partial charge in [0.1, 0.15) is 5.70 Å². The predicted molar refractivity (Wildman–Crippen MR) is 68.9 cm³/mol. The summed E-state index contributed by atoms with van der Waals surface area (Å²) < 4.78 is 0. The molecular weight excluding hydrogens is 270 g/mol. The molecule has 0 aliphatic carbocycles. The number of nitrogens with two attached hydrogens (primary N) is 1. The monoisotopic (exact) mass is 285 g/mol. The molecule has 19 heavy (non-hydrogen) atoms. The van der Waals surface area contributed by atoms with Gasteiger partial charge < -0.3 is 16.2 Å². The predicted octanol–water partition coefficient (Wildman–Crippen LogP) is 0.426. The number of carboxylic acid groups (broad SMARTS) is 1. The van der Waals surface area contributed by atoms with Crippen LogP contribution in [0, 0.1) is 0 Å². The third-order valence-corrected chi connectivity index (χ3v) is 4.35. The number of β-lactam (4-membered cyclic amide) rings is 1. The van der Waals surface area contributed by atoms with E-state index in [9.17, 15) is 14.4 Å². The van der Waals surface area contributed by atoms with Gasteiger partial charge >= 0.3 is 12.0 Å². The number of thioether (sulfide) groups is 1. The Balaban J connectivity index is 1.87. The van der Waals surface area contributed by atoms with Gasteiger partial charge in [-0.15, -0.1) is 11.8 Å². The highest BCUT2D eigenvalue weighted by Gasteiger charge is 2.47. The largest absolute Gasteiger partial charge is 0.477 e. The quantitative estimate of drug-likeness (QED) is 0.484. The van der Waals surface area contributed by atoms with Crippen LogP contribution in [-0.4, -0.2) is 39.8 Å². The number of nitrogens with one attached hydrogen (secondary N) is 1. The van der Waals surface area contributed by atoms with Gasteiger partial charge in [0.2, 0.25) is 5.91 Å². The van der Waals surface area contributed by atoms with Crippen molar-refractivity contribution in [2.24, 2.45) is 5.73 Å². The van der Waals surface area contributed by atoms with Crippen molar-refractivity contribution in [2.75, 3.05) is 6.54 Å². The number of unbranched alkanes of at least 4 members (excludes halogenated alkanes) is 1. The molecule has 0 aromatic heterocycles.